The van der Waals surface area contributed by atoms with Crippen LogP contribution in [0.15, 0.2) is 77.0 Å². The molecule has 2 aromatic rings. The van der Waals surface area contributed by atoms with Crippen LogP contribution in [-0.4, -0.2) is 18.3 Å². The molecule has 0 bridgehead atoms. The molecule has 2 aromatic carbocycles. The van der Waals surface area contributed by atoms with Crippen molar-refractivity contribution in [2.24, 2.45) is 5.16 Å². The summed E-state index contributed by atoms with van der Waals surface area (Å²) in [5.41, 5.74) is 3.78. The molecule has 4 heteroatoms. The highest BCUT2D eigenvalue weighted by Gasteiger charge is 2.27. The summed E-state index contributed by atoms with van der Waals surface area (Å²) in [4.78, 5) is 17.0. The van der Waals surface area contributed by atoms with Crippen molar-refractivity contribution in [2.45, 2.75) is 13.8 Å². The lowest BCUT2D eigenvalue weighted by atomic mass is 10.0. The number of ether oxygens (including phenoxy) is 1. The summed E-state index contributed by atoms with van der Waals surface area (Å²) in [6, 6.07) is 17.1. The molecule has 0 aliphatic carbocycles. The zero-order chi connectivity index (χ0) is 17.6. The van der Waals surface area contributed by atoms with Gasteiger partial charge in [0.2, 0.25) is 0 Å². The van der Waals surface area contributed by atoms with Gasteiger partial charge >= 0.3 is 5.97 Å². The molecule has 0 radical (unpaired) electrons. The number of oxime groups is 1. The van der Waals surface area contributed by atoms with E-state index in [0.717, 1.165) is 11.1 Å². The Morgan fingerprint density at radius 2 is 1.80 bits per heavy atom. The van der Waals surface area contributed by atoms with Crippen molar-refractivity contribution < 1.29 is 14.4 Å². The minimum Gasteiger partial charge on any atom is -0.489 e. The topological polar surface area (TPSA) is 47.9 Å². The molecule has 0 unspecified atom stereocenters. The second-order valence-corrected chi connectivity index (χ2v) is 5.87. The highest BCUT2D eigenvalue weighted by molar-refractivity contribution is 6.31. The third-order valence-electron chi connectivity index (χ3n) is 3.69. The van der Waals surface area contributed by atoms with Gasteiger partial charge in [-0.3, -0.25) is 0 Å². The number of hydrogen-bond donors (Lipinski definition) is 0. The van der Waals surface area contributed by atoms with Gasteiger partial charge in [0, 0.05) is 11.1 Å². The lowest BCUT2D eigenvalue weighted by molar-refractivity contribution is -0.136. The second-order valence-electron chi connectivity index (χ2n) is 5.87. The summed E-state index contributed by atoms with van der Waals surface area (Å²) >= 11 is 0. The van der Waals surface area contributed by atoms with Gasteiger partial charge in [0.05, 0.1) is 5.57 Å². The van der Waals surface area contributed by atoms with Crippen LogP contribution in [0.2, 0.25) is 0 Å². The number of rotatable bonds is 5. The molecule has 25 heavy (non-hydrogen) atoms. The number of hydrogen-bond acceptors (Lipinski definition) is 4. The van der Waals surface area contributed by atoms with Crippen molar-refractivity contribution in [3.8, 4) is 5.75 Å². The molecule has 0 atom stereocenters. The van der Waals surface area contributed by atoms with Crippen molar-refractivity contribution in [3.63, 3.8) is 0 Å². The summed E-state index contributed by atoms with van der Waals surface area (Å²) in [5.74, 6) is 0.248. The van der Waals surface area contributed by atoms with Gasteiger partial charge in [-0.15, -0.1) is 0 Å². The summed E-state index contributed by atoms with van der Waals surface area (Å²) in [6.45, 7) is 4.52. The first-order chi connectivity index (χ1) is 12.1. The molecule has 0 N–H and O–H groups in total. The minimum absolute atomic E-state index is 0.421. The number of nitrogens with zero attached hydrogens (tertiary/aromatic N) is 1. The first kappa shape index (κ1) is 16.7. The Morgan fingerprint density at radius 3 is 2.56 bits per heavy atom. The Bertz CT molecular complexity index is 860. The average molecular weight is 333 g/mol. The van der Waals surface area contributed by atoms with Crippen molar-refractivity contribution in [1.29, 1.82) is 0 Å². The number of allylic oxidation sites excluding steroid dienone is 1. The Balaban J connectivity index is 1.93. The van der Waals surface area contributed by atoms with Crippen molar-refractivity contribution in [1.82, 2.24) is 0 Å². The van der Waals surface area contributed by atoms with Crippen molar-refractivity contribution in [2.75, 3.05) is 6.61 Å². The highest BCUT2D eigenvalue weighted by Crippen LogP contribution is 2.25. The molecule has 1 aliphatic rings. The number of carbonyl (C=O) groups is 1. The first-order valence-electron chi connectivity index (χ1n) is 8.07. The van der Waals surface area contributed by atoms with E-state index in [1.54, 1.807) is 6.08 Å². The highest BCUT2D eigenvalue weighted by atomic mass is 16.7. The molecule has 1 aliphatic heterocycles. The third kappa shape index (κ3) is 4.04. The molecule has 126 valence electrons. The van der Waals surface area contributed by atoms with Gasteiger partial charge in [-0.1, -0.05) is 59.3 Å². The van der Waals surface area contributed by atoms with E-state index in [-0.39, 0.29) is 0 Å². The van der Waals surface area contributed by atoms with Crippen LogP contribution in [0.5, 0.6) is 5.75 Å². The molecule has 0 fully saturated rings. The van der Waals surface area contributed by atoms with Crippen molar-refractivity contribution >= 4 is 17.8 Å². The van der Waals surface area contributed by atoms with E-state index in [4.69, 9.17) is 9.57 Å². The van der Waals surface area contributed by atoms with Gasteiger partial charge in [-0.2, -0.15) is 0 Å². The zero-order valence-corrected chi connectivity index (χ0v) is 14.2. The molecular formula is C21H19NO3. The molecule has 0 aromatic heterocycles. The van der Waals surface area contributed by atoms with Gasteiger partial charge in [-0.05, 0) is 32.1 Å². The molecule has 0 amide bonds. The van der Waals surface area contributed by atoms with Crippen LogP contribution >= 0.6 is 0 Å². The van der Waals surface area contributed by atoms with Gasteiger partial charge in [-0.25, -0.2) is 4.79 Å². The Kier molecular flexibility index (Phi) is 5.09. The number of para-hydroxylation sites is 1. The van der Waals surface area contributed by atoms with E-state index in [9.17, 15) is 4.79 Å². The normalized spacial score (nSPS) is 14.9. The second kappa shape index (κ2) is 7.62. The van der Waals surface area contributed by atoms with Gasteiger partial charge in [0.25, 0.3) is 0 Å². The van der Waals surface area contributed by atoms with Crippen LogP contribution in [0, 0.1) is 0 Å². The maximum Gasteiger partial charge on any atom is 0.368 e. The van der Waals surface area contributed by atoms with Crippen molar-refractivity contribution in [3.05, 3.63) is 82.9 Å². The minimum atomic E-state index is -0.460. The van der Waals surface area contributed by atoms with Gasteiger partial charge in [0.15, 0.2) is 0 Å². The third-order valence-corrected chi connectivity index (χ3v) is 3.69. The van der Waals surface area contributed by atoms with Gasteiger partial charge in [0.1, 0.15) is 18.1 Å². The average Bonchev–Trinajstić information content (AvgIpc) is 2.98. The summed E-state index contributed by atoms with van der Waals surface area (Å²) in [5, 5.41) is 3.93. The molecular weight excluding hydrogens is 314 g/mol. The molecule has 0 saturated carbocycles. The monoisotopic (exact) mass is 333 g/mol. The smallest absolute Gasteiger partial charge is 0.368 e. The Labute approximate surface area is 147 Å². The first-order valence-corrected chi connectivity index (χ1v) is 8.07. The summed E-state index contributed by atoms with van der Waals surface area (Å²) in [7, 11) is 0. The molecule has 1 heterocycles. The standard InChI is InChI=1S/C21H19NO3/c1-15(2)12-13-24-19-11-7-6-10-17(19)14-18-20(22-25-21(18)23)16-8-4-3-5-9-16/h3-12,14H,13H2,1-2H3/b18-14-. The fraction of sp³-hybridized carbons (Fsp3) is 0.143. The van der Waals surface area contributed by atoms with Crippen LogP contribution in [0.3, 0.4) is 0 Å². The quantitative estimate of drug-likeness (QED) is 0.463. The molecule has 4 nitrogen and oxygen atoms in total. The maximum atomic E-state index is 12.1. The maximum absolute atomic E-state index is 12.1. The Morgan fingerprint density at radius 1 is 1.08 bits per heavy atom. The summed E-state index contributed by atoms with van der Waals surface area (Å²) < 4.78 is 5.82. The van der Waals surface area contributed by atoms with E-state index in [0.29, 0.717) is 23.6 Å². The fourth-order valence-corrected chi connectivity index (χ4v) is 2.40. The lowest BCUT2D eigenvalue weighted by Crippen LogP contribution is -2.07. The van der Waals surface area contributed by atoms with Crippen LogP contribution in [0.25, 0.3) is 6.08 Å². The van der Waals surface area contributed by atoms with Gasteiger partial charge < -0.3 is 9.57 Å². The van der Waals surface area contributed by atoms with E-state index < -0.39 is 5.97 Å². The van der Waals surface area contributed by atoms with E-state index in [1.165, 1.54) is 5.57 Å². The molecule has 0 spiro atoms. The van der Waals surface area contributed by atoms with Crippen LogP contribution in [0.4, 0.5) is 0 Å². The number of carbonyl (C=O) groups excluding carboxylic acids is 1. The largest absolute Gasteiger partial charge is 0.489 e. The summed E-state index contributed by atoms with van der Waals surface area (Å²) in [6.07, 6.45) is 3.77. The predicted molar refractivity (Wildman–Crippen MR) is 98.4 cm³/mol. The number of benzene rings is 2. The van der Waals surface area contributed by atoms with E-state index in [2.05, 4.69) is 5.16 Å². The van der Waals surface area contributed by atoms with E-state index in [1.807, 2.05) is 74.5 Å². The predicted octanol–water partition coefficient (Wildman–Crippen LogP) is 4.38. The zero-order valence-electron chi connectivity index (χ0n) is 14.2. The molecule has 3 rings (SSSR count). The van der Waals surface area contributed by atoms with Crippen LogP contribution < -0.4 is 4.74 Å². The molecule has 0 saturated heterocycles. The SMILES string of the molecule is CC(C)=CCOc1ccccc1/C=C1\C(=O)ON=C1c1ccccc1. The van der Waals surface area contributed by atoms with E-state index >= 15 is 0 Å². The van der Waals surface area contributed by atoms with Crippen LogP contribution in [0.1, 0.15) is 25.0 Å². The Hall–Kier alpha value is -3.14. The van der Waals surface area contributed by atoms with Crippen LogP contribution in [-0.2, 0) is 9.63 Å². The lowest BCUT2D eigenvalue weighted by Gasteiger charge is -2.08. The fourth-order valence-electron chi connectivity index (χ4n) is 2.40.